The molecular formula is C8H10O8. The van der Waals surface area contributed by atoms with Crippen molar-refractivity contribution in [3.05, 3.63) is 12.2 Å². The van der Waals surface area contributed by atoms with Gasteiger partial charge in [0.05, 0.1) is 0 Å². The van der Waals surface area contributed by atoms with Gasteiger partial charge in [-0.3, -0.25) is 0 Å². The molecule has 16 heavy (non-hydrogen) atoms. The zero-order valence-electron chi connectivity index (χ0n) is 8.28. The third-order valence-corrected chi connectivity index (χ3v) is 1.57. The Hall–Kier alpha value is -1.80. The highest BCUT2D eigenvalue weighted by Crippen LogP contribution is 2.25. The van der Waals surface area contributed by atoms with Crippen molar-refractivity contribution in [3.63, 3.8) is 0 Å². The molecule has 0 spiro atoms. The fourth-order valence-corrected chi connectivity index (χ4v) is 1.00. The van der Waals surface area contributed by atoms with Crippen LogP contribution >= 0.6 is 0 Å². The molecule has 0 aliphatic carbocycles. The van der Waals surface area contributed by atoms with Gasteiger partial charge in [0.15, 0.2) is 6.29 Å². The van der Waals surface area contributed by atoms with E-state index in [9.17, 15) is 9.59 Å². The molecule has 8 heteroatoms. The lowest BCUT2D eigenvalue weighted by molar-refractivity contribution is -0.153. The van der Waals surface area contributed by atoms with E-state index in [-0.39, 0.29) is 0 Å². The normalized spacial score (nSPS) is 28.4. The molecular weight excluding hydrogens is 224 g/mol. The summed E-state index contributed by atoms with van der Waals surface area (Å²) in [5, 5.41) is 16.7. The van der Waals surface area contributed by atoms with Crippen LogP contribution in [0.15, 0.2) is 12.2 Å². The van der Waals surface area contributed by atoms with Gasteiger partial charge in [-0.2, -0.15) is 0 Å². The van der Waals surface area contributed by atoms with Crippen molar-refractivity contribution in [2.75, 3.05) is 0 Å². The number of carboxylic acid groups (broad SMARTS) is 2. The monoisotopic (exact) mass is 234 g/mol. The van der Waals surface area contributed by atoms with Gasteiger partial charge in [-0.15, -0.1) is 0 Å². The first-order chi connectivity index (χ1) is 7.40. The van der Waals surface area contributed by atoms with Gasteiger partial charge in [-0.1, -0.05) is 6.58 Å². The quantitative estimate of drug-likeness (QED) is 0.548. The fraction of sp³-hybridized carbons (Fsp3) is 0.500. The van der Waals surface area contributed by atoms with Crippen LogP contribution in [0.3, 0.4) is 0 Å². The van der Waals surface area contributed by atoms with Crippen molar-refractivity contribution < 1.29 is 38.7 Å². The van der Waals surface area contributed by atoms with E-state index < -0.39 is 31.2 Å². The summed E-state index contributed by atoms with van der Waals surface area (Å²) in [5.41, 5.74) is 0.426. The van der Waals surface area contributed by atoms with Crippen LogP contribution in [0.25, 0.3) is 0 Å². The van der Waals surface area contributed by atoms with Crippen molar-refractivity contribution in [3.8, 4) is 0 Å². The summed E-state index contributed by atoms with van der Waals surface area (Å²) in [6, 6.07) is 0. The Morgan fingerprint density at radius 3 is 1.75 bits per heavy atom. The lowest BCUT2D eigenvalue weighted by Crippen LogP contribution is -2.31. The number of hydrogen-bond acceptors (Lipinski definition) is 6. The van der Waals surface area contributed by atoms with Crippen LogP contribution in [0, 0.1) is 0 Å². The molecule has 1 aliphatic heterocycles. The van der Waals surface area contributed by atoms with Crippen molar-refractivity contribution in [2.45, 2.75) is 25.8 Å². The van der Waals surface area contributed by atoms with Crippen molar-refractivity contribution in [1.82, 2.24) is 0 Å². The molecule has 2 unspecified atom stereocenters. The van der Waals surface area contributed by atoms with Crippen LogP contribution in [-0.2, 0) is 18.9 Å². The van der Waals surface area contributed by atoms with E-state index in [0.29, 0.717) is 5.57 Å². The summed E-state index contributed by atoms with van der Waals surface area (Å²) in [4.78, 5) is 20.6. The second-order valence-corrected chi connectivity index (χ2v) is 2.95. The average molecular weight is 234 g/mol. The molecule has 90 valence electrons. The lowest BCUT2D eigenvalue weighted by atomic mass is 10.3. The van der Waals surface area contributed by atoms with Crippen molar-refractivity contribution in [2.24, 2.45) is 0 Å². The van der Waals surface area contributed by atoms with Gasteiger partial charge in [0, 0.05) is 0 Å². The van der Waals surface area contributed by atoms with Gasteiger partial charge in [-0.05, 0) is 12.5 Å². The van der Waals surface area contributed by atoms with E-state index in [4.69, 9.17) is 19.7 Å². The number of rotatable bonds is 3. The van der Waals surface area contributed by atoms with E-state index in [1.54, 1.807) is 6.92 Å². The maximum Gasteiger partial charge on any atom is 0.508 e. The van der Waals surface area contributed by atoms with E-state index in [1.807, 2.05) is 0 Å². The molecule has 0 radical (unpaired) electrons. The summed E-state index contributed by atoms with van der Waals surface area (Å²) in [7, 11) is 0. The first-order valence-electron chi connectivity index (χ1n) is 4.15. The molecule has 1 aliphatic rings. The zero-order valence-corrected chi connectivity index (χ0v) is 8.28. The van der Waals surface area contributed by atoms with Crippen LogP contribution in [0.5, 0.6) is 0 Å². The molecule has 1 saturated heterocycles. The molecule has 0 aromatic rings. The van der Waals surface area contributed by atoms with Gasteiger partial charge in [0.2, 0.25) is 0 Å². The van der Waals surface area contributed by atoms with E-state index in [2.05, 4.69) is 16.1 Å². The van der Waals surface area contributed by atoms with Crippen LogP contribution in [0.2, 0.25) is 0 Å². The topological polar surface area (TPSA) is 112 Å². The predicted octanol–water partition coefficient (Wildman–Crippen LogP) is 0.977. The molecule has 0 saturated carbocycles. The van der Waals surface area contributed by atoms with Gasteiger partial charge < -0.3 is 29.2 Å². The summed E-state index contributed by atoms with van der Waals surface area (Å²) in [6.07, 6.45) is -7.15. The van der Waals surface area contributed by atoms with Crippen molar-refractivity contribution >= 4 is 12.3 Å². The third-order valence-electron chi connectivity index (χ3n) is 1.57. The van der Waals surface area contributed by atoms with Crippen LogP contribution in [-0.4, -0.2) is 41.4 Å². The maximum absolute atomic E-state index is 10.3. The number of ether oxygens (including phenoxy) is 4. The highest BCUT2D eigenvalue weighted by molar-refractivity contribution is 5.58. The summed E-state index contributed by atoms with van der Waals surface area (Å²) in [6.45, 7) is 5.07. The van der Waals surface area contributed by atoms with Crippen LogP contribution < -0.4 is 0 Å². The number of carbonyl (C=O) groups is 2. The smallest absolute Gasteiger partial charge is 0.450 e. The molecule has 8 nitrogen and oxygen atoms in total. The summed E-state index contributed by atoms with van der Waals surface area (Å²) in [5.74, 6) is 0. The maximum atomic E-state index is 10.3. The van der Waals surface area contributed by atoms with Crippen molar-refractivity contribution in [1.29, 1.82) is 0 Å². The van der Waals surface area contributed by atoms with E-state index >= 15 is 0 Å². The van der Waals surface area contributed by atoms with E-state index in [0.717, 1.165) is 0 Å². The molecule has 0 aromatic carbocycles. The minimum absolute atomic E-state index is 0.426. The zero-order chi connectivity index (χ0) is 12.3. The Morgan fingerprint density at radius 2 is 1.50 bits per heavy atom. The Kier molecular flexibility index (Phi) is 3.69. The second-order valence-electron chi connectivity index (χ2n) is 2.95. The molecule has 0 amide bonds. The highest BCUT2D eigenvalue weighted by Gasteiger charge is 2.42. The van der Waals surface area contributed by atoms with Crippen LogP contribution in [0.4, 0.5) is 9.59 Å². The molecule has 2 N–H and O–H groups in total. The Bertz CT molecular complexity index is 287. The molecule has 1 heterocycles. The first-order valence-corrected chi connectivity index (χ1v) is 4.15. The van der Waals surface area contributed by atoms with Gasteiger partial charge in [-0.25, -0.2) is 9.59 Å². The molecule has 1 rings (SSSR count). The molecule has 0 bridgehead atoms. The molecule has 1 fully saturated rings. The Balaban J connectivity index is 2.66. The minimum Gasteiger partial charge on any atom is -0.450 e. The molecule has 0 aromatic heterocycles. The standard InChI is InChI=1S/C8H10O8/c1-3(2)4-13-5(15-7(9)10)6(14-4)16-8(11)12/h4-6H,1H2,2H3,(H,9,10)(H,11,12). The Morgan fingerprint density at radius 1 is 1.12 bits per heavy atom. The van der Waals surface area contributed by atoms with Gasteiger partial charge in [0.1, 0.15) is 0 Å². The largest absolute Gasteiger partial charge is 0.508 e. The van der Waals surface area contributed by atoms with Crippen LogP contribution in [0.1, 0.15) is 6.92 Å². The fourth-order valence-electron chi connectivity index (χ4n) is 1.00. The summed E-state index contributed by atoms with van der Waals surface area (Å²) >= 11 is 0. The second kappa shape index (κ2) is 4.81. The first kappa shape index (κ1) is 12.3. The third kappa shape index (κ3) is 3.11. The molecule has 2 atom stereocenters. The minimum atomic E-state index is -1.63. The van der Waals surface area contributed by atoms with Gasteiger partial charge >= 0.3 is 12.3 Å². The Labute approximate surface area is 90.0 Å². The highest BCUT2D eigenvalue weighted by atomic mass is 16.9. The predicted molar refractivity (Wildman–Crippen MR) is 46.6 cm³/mol. The average Bonchev–Trinajstić information content (AvgIpc) is 2.46. The lowest BCUT2D eigenvalue weighted by Gasteiger charge is -2.13. The van der Waals surface area contributed by atoms with Gasteiger partial charge in [0.25, 0.3) is 12.6 Å². The number of hydrogen-bond donors (Lipinski definition) is 2. The summed E-state index contributed by atoms with van der Waals surface area (Å²) < 4.78 is 18.4. The van der Waals surface area contributed by atoms with E-state index in [1.165, 1.54) is 0 Å². The SMILES string of the molecule is C=C(C)C1OC(OC(=O)O)C(OC(=O)O)O1.